The van der Waals surface area contributed by atoms with Crippen molar-refractivity contribution >= 4 is 52.0 Å². The van der Waals surface area contributed by atoms with E-state index in [-0.39, 0.29) is 12.5 Å². The van der Waals surface area contributed by atoms with Crippen LogP contribution in [0.1, 0.15) is 18.2 Å². The largest absolute Gasteiger partial charge is 0.360 e. The van der Waals surface area contributed by atoms with Gasteiger partial charge in [0.15, 0.2) is 5.82 Å². The second-order valence-electron chi connectivity index (χ2n) is 5.94. The maximum absolute atomic E-state index is 12.6. The molecule has 0 spiro atoms. The van der Waals surface area contributed by atoms with Gasteiger partial charge in [-0.15, -0.1) is 0 Å². The van der Waals surface area contributed by atoms with Crippen LogP contribution in [0.15, 0.2) is 57.5 Å². The standard InChI is InChI=1S/C19H17N3O3S2/c1-12(8-14-6-4-3-5-7-14)9-15-18(24)22(19(26)27-15)11-17(23)20-16-10-13(2)25-21-16/h3-10H,11H2,1-2H3,(H,20,21,23). The zero-order valence-electron chi connectivity index (χ0n) is 14.8. The summed E-state index contributed by atoms with van der Waals surface area (Å²) in [5.74, 6) is 0.217. The second-order valence-corrected chi connectivity index (χ2v) is 7.61. The van der Waals surface area contributed by atoms with E-state index in [0.29, 0.717) is 20.8 Å². The predicted molar refractivity (Wildman–Crippen MR) is 110 cm³/mol. The summed E-state index contributed by atoms with van der Waals surface area (Å²) in [4.78, 5) is 26.5. The molecule has 27 heavy (non-hydrogen) atoms. The second kappa shape index (κ2) is 8.32. The van der Waals surface area contributed by atoms with Gasteiger partial charge in [0, 0.05) is 6.07 Å². The average Bonchev–Trinajstić information content (AvgIpc) is 3.14. The lowest BCUT2D eigenvalue weighted by Gasteiger charge is -2.13. The molecule has 1 saturated heterocycles. The normalized spacial score (nSPS) is 16.3. The van der Waals surface area contributed by atoms with Crippen LogP contribution in [-0.4, -0.2) is 32.7 Å². The molecule has 0 saturated carbocycles. The van der Waals surface area contributed by atoms with Crippen LogP contribution in [0, 0.1) is 6.92 Å². The van der Waals surface area contributed by atoms with E-state index in [0.717, 1.165) is 11.1 Å². The molecule has 0 radical (unpaired) electrons. The molecule has 2 amide bonds. The first-order valence-corrected chi connectivity index (χ1v) is 9.37. The summed E-state index contributed by atoms with van der Waals surface area (Å²) in [5, 5.41) is 6.28. The molecule has 6 nitrogen and oxygen atoms in total. The van der Waals surface area contributed by atoms with Crippen molar-refractivity contribution in [3.05, 3.63) is 64.3 Å². The number of amides is 2. The van der Waals surface area contributed by atoms with Crippen LogP contribution in [-0.2, 0) is 9.59 Å². The number of aromatic nitrogens is 1. The molecule has 8 heteroatoms. The molecule has 1 aliphatic rings. The summed E-state index contributed by atoms with van der Waals surface area (Å²) in [6.07, 6.45) is 3.76. The Hall–Kier alpha value is -2.71. The van der Waals surface area contributed by atoms with E-state index in [1.807, 2.05) is 43.3 Å². The Kier molecular flexibility index (Phi) is 5.88. The third-order valence-electron chi connectivity index (χ3n) is 3.62. The number of nitrogens with one attached hydrogen (secondary N) is 1. The molecule has 0 unspecified atom stereocenters. The molecule has 2 heterocycles. The fraction of sp³-hybridized carbons (Fsp3) is 0.158. The van der Waals surface area contributed by atoms with Crippen LogP contribution < -0.4 is 5.32 Å². The smallest absolute Gasteiger partial charge is 0.266 e. The Morgan fingerprint density at radius 2 is 2.11 bits per heavy atom. The third-order valence-corrected chi connectivity index (χ3v) is 5.00. The molecular formula is C19H17N3O3S2. The number of aryl methyl sites for hydroxylation is 1. The lowest BCUT2D eigenvalue weighted by molar-refractivity contribution is -0.126. The number of thiocarbonyl (C=S) groups is 1. The van der Waals surface area contributed by atoms with Crippen molar-refractivity contribution in [1.82, 2.24) is 10.1 Å². The van der Waals surface area contributed by atoms with Crippen LogP contribution >= 0.6 is 24.0 Å². The summed E-state index contributed by atoms with van der Waals surface area (Å²) >= 11 is 6.44. The van der Waals surface area contributed by atoms with E-state index in [2.05, 4.69) is 10.5 Å². The molecule has 0 aliphatic carbocycles. The van der Waals surface area contributed by atoms with Crippen LogP contribution in [0.25, 0.3) is 6.08 Å². The molecule has 1 aromatic heterocycles. The fourth-order valence-corrected chi connectivity index (χ4v) is 3.75. The number of nitrogens with zero attached hydrogens (tertiary/aromatic N) is 2. The van der Waals surface area contributed by atoms with Gasteiger partial charge in [-0.25, -0.2) is 0 Å². The maximum atomic E-state index is 12.6. The van der Waals surface area contributed by atoms with Crippen LogP contribution in [0.2, 0.25) is 0 Å². The zero-order valence-corrected chi connectivity index (χ0v) is 16.4. The highest BCUT2D eigenvalue weighted by molar-refractivity contribution is 8.26. The van der Waals surface area contributed by atoms with E-state index in [1.54, 1.807) is 19.1 Å². The number of hydrogen-bond donors (Lipinski definition) is 1. The minimum absolute atomic E-state index is 0.171. The van der Waals surface area contributed by atoms with E-state index in [4.69, 9.17) is 16.7 Å². The van der Waals surface area contributed by atoms with Crippen molar-refractivity contribution in [2.24, 2.45) is 0 Å². The lowest BCUT2D eigenvalue weighted by Crippen LogP contribution is -2.36. The van der Waals surface area contributed by atoms with Crippen LogP contribution in [0.4, 0.5) is 5.82 Å². The van der Waals surface area contributed by atoms with Crippen molar-refractivity contribution in [1.29, 1.82) is 0 Å². The van der Waals surface area contributed by atoms with Gasteiger partial charge in [-0.05, 0) is 31.1 Å². The highest BCUT2D eigenvalue weighted by Crippen LogP contribution is 2.32. The number of benzene rings is 1. The highest BCUT2D eigenvalue weighted by atomic mass is 32.2. The fourth-order valence-electron chi connectivity index (χ4n) is 2.45. The third kappa shape index (κ3) is 4.93. The molecule has 0 atom stereocenters. The molecule has 3 rings (SSSR count). The van der Waals surface area contributed by atoms with Crippen LogP contribution in [0.5, 0.6) is 0 Å². The van der Waals surface area contributed by atoms with E-state index in [1.165, 1.54) is 16.7 Å². The minimum Gasteiger partial charge on any atom is -0.360 e. The quantitative estimate of drug-likeness (QED) is 0.609. The van der Waals surface area contributed by atoms with Gasteiger partial charge in [0.2, 0.25) is 5.91 Å². The number of rotatable bonds is 5. The van der Waals surface area contributed by atoms with Gasteiger partial charge in [0.05, 0.1) is 4.91 Å². The number of hydrogen-bond acceptors (Lipinski definition) is 6. The summed E-state index contributed by atoms with van der Waals surface area (Å²) < 4.78 is 5.25. The number of allylic oxidation sites excluding steroid dienone is 2. The molecule has 2 aromatic rings. The number of thioether (sulfide) groups is 1. The molecular weight excluding hydrogens is 382 g/mol. The van der Waals surface area contributed by atoms with Gasteiger partial charge >= 0.3 is 0 Å². The zero-order chi connectivity index (χ0) is 19.4. The predicted octanol–water partition coefficient (Wildman–Crippen LogP) is 3.77. The summed E-state index contributed by atoms with van der Waals surface area (Å²) in [5.41, 5.74) is 1.97. The van der Waals surface area contributed by atoms with E-state index in [9.17, 15) is 9.59 Å². The molecule has 1 fully saturated rings. The first-order valence-electron chi connectivity index (χ1n) is 8.14. The molecule has 0 bridgehead atoms. The topological polar surface area (TPSA) is 75.4 Å². The summed E-state index contributed by atoms with van der Waals surface area (Å²) in [6, 6.07) is 11.4. The highest BCUT2D eigenvalue weighted by Gasteiger charge is 2.33. The van der Waals surface area contributed by atoms with Crippen molar-refractivity contribution in [3.8, 4) is 0 Å². The number of carbonyl (C=O) groups excluding carboxylic acids is 2. The molecule has 1 aromatic carbocycles. The van der Waals surface area contributed by atoms with E-state index < -0.39 is 5.91 Å². The average molecular weight is 399 g/mol. The van der Waals surface area contributed by atoms with Crippen molar-refractivity contribution < 1.29 is 14.1 Å². The monoisotopic (exact) mass is 399 g/mol. The van der Waals surface area contributed by atoms with Gasteiger partial charge in [-0.3, -0.25) is 14.5 Å². The molecule has 138 valence electrons. The minimum atomic E-state index is -0.391. The van der Waals surface area contributed by atoms with Gasteiger partial charge in [-0.1, -0.05) is 65.5 Å². The first kappa shape index (κ1) is 19.1. The number of carbonyl (C=O) groups is 2. The Labute approximate surface area is 166 Å². The molecule has 1 aliphatic heterocycles. The Bertz CT molecular complexity index is 948. The van der Waals surface area contributed by atoms with Crippen molar-refractivity contribution in [3.63, 3.8) is 0 Å². The Morgan fingerprint density at radius 1 is 1.37 bits per heavy atom. The SMILES string of the molecule is CC(=Cc1ccccc1)C=C1SC(=S)N(CC(=O)Nc2cc(C)on2)C1=O. The van der Waals surface area contributed by atoms with Gasteiger partial charge in [0.1, 0.15) is 16.6 Å². The Morgan fingerprint density at radius 3 is 2.78 bits per heavy atom. The van der Waals surface area contributed by atoms with Crippen molar-refractivity contribution in [2.45, 2.75) is 13.8 Å². The number of anilines is 1. The maximum Gasteiger partial charge on any atom is 0.266 e. The molecule has 1 N–H and O–H groups in total. The Balaban J connectivity index is 1.67. The first-order chi connectivity index (χ1) is 12.9. The summed E-state index contributed by atoms with van der Waals surface area (Å²) in [6.45, 7) is 3.47. The lowest BCUT2D eigenvalue weighted by atomic mass is 10.1. The van der Waals surface area contributed by atoms with Gasteiger partial charge < -0.3 is 9.84 Å². The summed E-state index contributed by atoms with van der Waals surface area (Å²) in [7, 11) is 0. The van der Waals surface area contributed by atoms with Gasteiger partial charge in [-0.2, -0.15) is 0 Å². The van der Waals surface area contributed by atoms with Gasteiger partial charge in [0.25, 0.3) is 5.91 Å². The van der Waals surface area contributed by atoms with E-state index >= 15 is 0 Å². The van der Waals surface area contributed by atoms with Crippen molar-refractivity contribution in [2.75, 3.05) is 11.9 Å². The van der Waals surface area contributed by atoms with Crippen LogP contribution in [0.3, 0.4) is 0 Å².